The number of para-hydroxylation sites is 1. The first-order chi connectivity index (χ1) is 18.3. The van der Waals surface area contributed by atoms with Crippen molar-refractivity contribution >= 4 is 39.1 Å². The molecule has 0 aliphatic heterocycles. The normalized spacial score (nSPS) is 14.6. The van der Waals surface area contributed by atoms with Crippen LogP contribution < -0.4 is 9.62 Å². The number of anilines is 1. The van der Waals surface area contributed by atoms with Crippen LogP contribution in [0.3, 0.4) is 0 Å². The average Bonchev–Trinajstić information content (AvgIpc) is 3.45. The molecule has 0 aromatic heterocycles. The Kier molecular flexibility index (Phi) is 9.07. The second-order valence-corrected chi connectivity index (χ2v) is 11.8. The van der Waals surface area contributed by atoms with E-state index < -0.39 is 28.5 Å². The number of amides is 2. The Morgan fingerprint density at radius 3 is 2.11 bits per heavy atom. The monoisotopic (exact) mass is 553 g/mol. The summed E-state index contributed by atoms with van der Waals surface area (Å²) in [6.07, 6.45) is 3.97. The van der Waals surface area contributed by atoms with E-state index in [-0.39, 0.29) is 23.4 Å². The lowest BCUT2D eigenvalue weighted by Crippen LogP contribution is -2.52. The van der Waals surface area contributed by atoms with Gasteiger partial charge in [0.05, 0.1) is 10.6 Å². The molecular formula is C29H32ClN3O4S. The van der Waals surface area contributed by atoms with Gasteiger partial charge in [0.1, 0.15) is 12.6 Å². The van der Waals surface area contributed by atoms with Gasteiger partial charge in [0.15, 0.2) is 0 Å². The van der Waals surface area contributed by atoms with E-state index in [2.05, 4.69) is 5.32 Å². The van der Waals surface area contributed by atoms with Crippen molar-refractivity contribution in [3.05, 3.63) is 95.5 Å². The Hall–Kier alpha value is -3.36. The highest BCUT2D eigenvalue weighted by molar-refractivity contribution is 7.92. The van der Waals surface area contributed by atoms with Crippen molar-refractivity contribution < 1.29 is 18.0 Å². The summed E-state index contributed by atoms with van der Waals surface area (Å²) in [5, 5.41) is 3.62. The zero-order chi connectivity index (χ0) is 27.1. The van der Waals surface area contributed by atoms with Crippen molar-refractivity contribution in [3.8, 4) is 0 Å². The number of nitrogens with zero attached hydrogens (tertiary/aromatic N) is 2. The molecule has 0 radical (unpaired) electrons. The van der Waals surface area contributed by atoms with E-state index in [1.54, 1.807) is 79.7 Å². The van der Waals surface area contributed by atoms with E-state index in [1.807, 2.05) is 0 Å². The third-order valence-corrected chi connectivity index (χ3v) is 8.83. The van der Waals surface area contributed by atoms with Crippen molar-refractivity contribution in [2.75, 3.05) is 10.8 Å². The first kappa shape index (κ1) is 27.7. The maximum absolute atomic E-state index is 13.9. The molecule has 0 heterocycles. The minimum atomic E-state index is -4.06. The molecule has 1 unspecified atom stereocenters. The molecule has 0 bridgehead atoms. The van der Waals surface area contributed by atoms with Gasteiger partial charge in [0.25, 0.3) is 10.0 Å². The summed E-state index contributed by atoms with van der Waals surface area (Å²) >= 11 is 6.05. The van der Waals surface area contributed by atoms with Gasteiger partial charge >= 0.3 is 0 Å². The molecule has 3 aromatic carbocycles. The molecule has 0 saturated heterocycles. The molecule has 9 heteroatoms. The van der Waals surface area contributed by atoms with Crippen LogP contribution in [-0.2, 0) is 26.2 Å². The van der Waals surface area contributed by atoms with Gasteiger partial charge in [-0.05, 0) is 61.7 Å². The van der Waals surface area contributed by atoms with E-state index in [1.165, 1.54) is 17.0 Å². The third kappa shape index (κ3) is 6.74. The van der Waals surface area contributed by atoms with Crippen LogP contribution in [0.25, 0.3) is 0 Å². The number of benzene rings is 3. The summed E-state index contributed by atoms with van der Waals surface area (Å²) in [4.78, 5) is 28.6. The van der Waals surface area contributed by atoms with Gasteiger partial charge in [0, 0.05) is 17.6 Å². The summed E-state index contributed by atoms with van der Waals surface area (Å²) in [7, 11) is -4.06. The number of hydrogen-bond donors (Lipinski definition) is 1. The number of sulfonamides is 1. The quantitative estimate of drug-likeness (QED) is 0.382. The maximum Gasteiger partial charge on any atom is 0.264 e. The molecule has 1 aliphatic rings. The summed E-state index contributed by atoms with van der Waals surface area (Å²) in [6, 6.07) is 22.8. The number of nitrogens with one attached hydrogen (secondary N) is 1. The highest BCUT2D eigenvalue weighted by Gasteiger charge is 2.33. The second-order valence-electron chi connectivity index (χ2n) is 9.47. The van der Waals surface area contributed by atoms with Gasteiger partial charge in [-0.25, -0.2) is 8.42 Å². The van der Waals surface area contributed by atoms with Crippen LogP contribution in [0, 0.1) is 0 Å². The van der Waals surface area contributed by atoms with Crippen LogP contribution in [0.5, 0.6) is 0 Å². The average molecular weight is 554 g/mol. The van der Waals surface area contributed by atoms with Gasteiger partial charge < -0.3 is 10.2 Å². The molecule has 1 N–H and O–H groups in total. The van der Waals surface area contributed by atoms with E-state index in [0.29, 0.717) is 10.7 Å². The van der Waals surface area contributed by atoms with Crippen molar-refractivity contribution in [2.45, 2.75) is 56.1 Å². The first-order valence-corrected chi connectivity index (χ1v) is 14.5. The molecule has 2 amide bonds. The summed E-state index contributed by atoms with van der Waals surface area (Å²) in [5.74, 6) is -0.742. The molecule has 38 heavy (non-hydrogen) atoms. The van der Waals surface area contributed by atoms with E-state index in [9.17, 15) is 18.0 Å². The molecule has 1 atom stereocenters. The fourth-order valence-corrected chi connectivity index (χ4v) is 6.16. The lowest BCUT2D eigenvalue weighted by molar-refractivity contribution is -0.139. The summed E-state index contributed by atoms with van der Waals surface area (Å²) < 4.78 is 28.5. The van der Waals surface area contributed by atoms with E-state index in [0.717, 1.165) is 35.6 Å². The third-order valence-electron chi connectivity index (χ3n) is 6.79. The number of carbonyl (C=O) groups excluding carboxylic acids is 2. The van der Waals surface area contributed by atoms with Gasteiger partial charge in [-0.15, -0.1) is 0 Å². The minimum Gasteiger partial charge on any atom is -0.352 e. The first-order valence-electron chi connectivity index (χ1n) is 12.7. The predicted molar refractivity (Wildman–Crippen MR) is 149 cm³/mol. The Bertz CT molecular complexity index is 1330. The highest BCUT2D eigenvalue weighted by atomic mass is 35.5. The van der Waals surface area contributed by atoms with Crippen molar-refractivity contribution in [1.82, 2.24) is 10.2 Å². The van der Waals surface area contributed by atoms with Gasteiger partial charge in [-0.3, -0.25) is 13.9 Å². The number of carbonyl (C=O) groups is 2. The molecule has 4 rings (SSSR count). The minimum absolute atomic E-state index is 0.0768. The van der Waals surface area contributed by atoms with Crippen LogP contribution in [0.15, 0.2) is 89.8 Å². The van der Waals surface area contributed by atoms with Crippen molar-refractivity contribution in [1.29, 1.82) is 0 Å². The topological polar surface area (TPSA) is 86.8 Å². The lowest BCUT2D eigenvalue weighted by Gasteiger charge is -2.32. The van der Waals surface area contributed by atoms with E-state index >= 15 is 0 Å². The summed E-state index contributed by atoms with van der Waals surface area (Å²) in [6.45, 7) is 1.34. The largest absolute Gasteiger partial charge is 0.352 e. The predicted octanol–water partition coefficient (Wildman–Crippen LogP) is 5.01. The Morgan fingerprint density at radius 1 is 0.921 bits per heavy atom. The molecular weight excluding hydrogens is 522 g/mol. The van der Waals surface area contributed by atoms with Crippen LogP contribution in [0.4, 0.5) is 5.69 Å². The Morgan fingerprint density at radius 2 is 1.50 bits per heavy atom. The molecule has 1 saturated carbocycles. The fourth-order valence-electron chi connectivity index (χ4n) is 4.60. The SMILES string of the molecule is CC(C(=O)NC1CCCC1)N(Cc1ccc(Cl)cc1)C(=O)CN(c1ccccc1)S(=O)(=O)c1ccccc1. The molecule has 3 aromatic rings. The zero-order valence-electron chi connectivity index (χ0n) is 21.3. The number of rotatable bonds is 10. The molecule has 1 fully saturated rings. The Labute approximate surface area is 229 Å². The Balaban J connectivity index is 1.65. The number of hydrogen-bond acceptors (Lipinski definition) is 4. The highest BCUT2D eigenvalue weighted by Crippen LogP contribution is 2.25. The lowest BCUT2D eigenvalue weighted by atomic mass is 10.1. The van der Waals surface area contributed by atoms with Crippen LogP contribution in [-0.4, -0.2) is 43.8 Å². The fraction of sp³-hybridized carbons (Fsp3) is 0.310. The van der Waals surface area contributed by atoms with Gasteiger partial charge in [-0.1, -0.05) is 73.0 Å². The smallest absolute Gasteiger partial charge is 0.264 e. The van der Waals surface area contributed by atoms with Crippen LogP contribution in [0.2, 0.25) is 5.02 Å². The second kappa shape index (κ2) is 12.5. The molecule has 7 nitrogen and oxygen atoms in total. The van der Waals surface area contributed by atoms with Crippen molar-refractivity contribution in [3.63, 3.8) is 0 Å². The maximum atomic E-state index is 13.9. The summed E-state index contributed by atoms with van der Waals surface area (Å²) in [5.41, 5.74) is 1.14. The van der Waals surface area contributed by atoms with Crippen LogP contribution in [0.1, 0.15) is 38.2 Å². The van der Waals surface area contributed by atoms with Crippen molar-refractivity contribution in [2.24, 2.45) is 0 Å². The molecule has 1 aliphatic carbocycles. The standard InChI is InChI=1S/C29H32ClN3O4S/c1-22(29(35)31-25-10-8-9-11-25)32(20-23-16-18-24(30)19-17-23)28(34)21-33(26-12-4-2-5-13-26)38(36,37)27-14-6-3-7-15-27/h2-7,12-19,22,25H,8-11,20-21H2,1H3,(H,31,35). The van der Waals surface area contributed by atoms with Gasteiger partial charge in [-0.2, -0.15) is 0 Å². The van der Waals surface area contributed by atoms with Gasteiger partial charge in [0.2, 0.25) is 11.8 Å². The molecule has 0 spiro atoms. The van der Waals surface area contributed by atoms with Crippen LogP contribution >= 0.6 is 11.6 Å². The number of halogens is 1. The van der Waals surface area contributed by atoms with E-state index in [4.69, 9.17) is 11.6 Å². The zero-order valence-corrected chi connectivity index (χ0v) is 22.9. The molecule has 200 valence electrons.